The Morgan fingerprint density at radius 3 is 2.00 bits per heavy atom. The number of ether oxygens (including phenoxy) is 1. The van der Waals surface area contributed by atoms with Gasteiger partial charge in [-0.25, -0.2) is 8.42 Å². The molecular weight excluding hydrogens is 378 g/mol. The molecule has 28 heavy (non-hydrogen) atoms. The fraction of sp³-hybridized carbons (Fsp3) is 0.0952. The molecule has 3 rings (SSSR count). The maximum atomic E-state index is 12.9. The Morgan fingerprint density at radius 2 is 1.43 bits per heavy atom. The van der Waals surface area contributed by atoms with Crippen molar-refractivity contribution >= 4 is 21.7 Å². The molecule has 0 aliphatic rings. The summed E-state index contributed by atoms with van der Waals surface area (Å²) in [7, 11) is -4.01. The molecule has 0 amide bonds. The molecule has 0 aliphatic carbocycles. The number of carboxylic acids is 1. The molecule has 3 aromatic carbocycles. The summed E-state index contributed by atoms with van der Waals surface area (Å²) in [5.74, 6) is -0.691. The zero-order valence-electron chi connectivity index (χ0n) is 14.9. The van der Waals surface area contributed by atoms with Gasteiger partial charge >= 0.3 is 5.97 Å². The van der Waals surface area contributed by atoms with Crippen LogP contribution in [-0.4, -0.2) is 26.0 Å². The Bertz CT molecular complexity index is 1020. The Hall–Kier alpha value is -3.32. The lowest BCUT2D eigenvalue weighted by molar-refractivity contribution is -0.135. The average Bonchev–Trinajstić information content (AvgIpc) is 2.72. The number of sulfonamides is 1. The van der Waals surface area contributed by atoms with E-state index in [1.165, 1.54) is 24.3 Å². The van der Waals surface area contributed by atoms with E-state index in [1.807, 2.05) is 30.3 Å². The van der Waals surface area contributed by atoms with Crippen LogP contribution in [0.25, 0.3) is 0 Å². The normalized spacial score (nSPS) is 11.0. The van der Waals surface area contributed by atoms with Crippen molar-refractivity contribution in [1.82, 2.24) is 0 Å². The lowest BCUT2D eigenvalue weighted by Crippen LogP contribution is -2.35. The van der Waals surface area contributed by atoms with Crippen LogP contribution in [0.4, 0.5) is 5.69 Å². The third-order valence-electron chi connectivity index (χ3n) is 3.98. The molecule has 0 heterocycles. The first kappa shape index (κ1) is 19.4. The highest BCUT2D eigenvalue weighted by atomic mass is 32.2. The summed E-state index contributed by atoms with van der Waals surface area (Å²) in [6, 6.07) is 23.7. The van der Waals surface area contributed by atoms with Gasteiger partial charge < -0.3 is 9.84 Å². The molecule has 0 spiro atoms. The van der Waals surface area contributed by atoms with E-state index in [0.29, 0.717) is 12.4 Å². The third-order valence-corrected chi connectivity index (χ3v) is 5.77. The van der Waals surface area contributed by atoms with E-state index in [1.54, 1.807) is 30.3 Å². The van der Waals surface area contributed by atoms with Crippen LogP contribution in [0.2, 0.25) is 0 Å². The summed E-state index contributed by atoms with van der Waals surface area (Å²) in [6.45, 7) is -0.303. The van der Waals surface area contributed by atoms with E-state index in [0.717, 1.165) is 9.87 Å². The van der Waals surface area contributed by atoms with E-state index in [4.69, 9.17) is 4.74 Å². The number of carbonyl (C=O) groups is 1. The number of nitrogens with zero attached hydrogens (tertiary/aromatic N) is 1. The van der Waals surface area contributed by atoms with Gasteiger partial charge in [0.1, 0.15) is 18.9 Å². The van der Waals surface area contributed by atoms with Gasteiger partial charge in [0.25, 0.3) is 10.0 Å². The summed E-state index contributed by atoms with van der Waals surface area (Å²) in [5, 5.41) is 9.19. The topological polar surface area (TPSA) is 83.9 Å². The zero-order chi connectivity index (χ0) is 20.0. The average molecular weight is 397 g/mol. The number of aliphatic carboxylic acids is 1. The molecule has 3 aromatic rings. The van der Waals surface area contributed by atoms with Crippen LogP contribution in [0.3, 0.4) is 0 Å². The SMILES string of the molecule is O=C(O)CN(c1ccc(OCc2ccccc2)cc1)S(=O)(=O)c1ccccc1. The fourth-order valence-electron chi connectivity index (χ4n) is 2.61. The largest absolute Gasteiger partial charge is 0.489 e. The molecule has 6 nitrogen and oxygen atoms in total. The van der Waals surface area contributed by atoms with Gasteiger partial charge in [-0.15, -0.1) is 0 Å². The molecule has 0 bridgehead atoms. The molecule has 7 heteroatoms. The highest BCUT2D eigenvalue weighted by Crippen LogP contribution is 2.26. The molecule has 0 saturated heterocycles. The second kappa shape index (κ2) is 8.58. The minimum absolute atomic E-state index is 0.0284. The van der Waals surface area contributed by atoms with Crippen molar-refractivity contribution in [2.75, 3.05) is 10.8 Å². The first-order valence-corrected chi connectivity index (χ1v) is 9.97. The van der Waals surface area contributed by atoms with E-state index >= 15 is 0 Å². The standard InChI is InChI=1S/C21H19NO5S/c23-21(24)15-22(28(25,26)20-9-5-2-6-10-20)18-11-13-19(14-12-18)27-16-17-7-3-1-4-8-17/h1-14H,15-16H2,(H,23,24). The number of hydrogen-bond acceptors (Lipinski definition) is 4. The Labute approximate surface area is 163 Å². The minimum Gasteiger partial charge on any atom is -0.489 e. The second-order valence-electron chi connectivity index (χ2n) is 5.99. The van der Waals surface area contributed by atoms with Crippen molar-refractivity contribution in [2.45, 2.75) is 11.5 Å². The Morgan fingerprint density at radius 1 is 0.857 bits per heavy atom. The number of hydrogen-bond donors (Lipinski definition) is 1. The third kappa shape index (κ3) is 4.69. The van der Waals surface area contributed by atoms with Gasteiger partial charge in [0.2, 0.25) is 0 Å². The van der Waals surface area contributed by atoms with Gasteiger partial charge in [-0.2, -0.15) is 0 Å². The van der Waals surface area contributed by atoms with Crippen LogP contribution >= 0.6 is 0 Å². The molecule has 144 valence electrons. The van der Waals surface area contributed by atoms with Gasteiger partial charge in [0.15, 0.2) is 0 Å². The molecule has 0 saturated carbocycles. The minimum atomic E-state index is -4.01. The van der Waals surface area contributed by atoms with Crippen molar-refractivity contribution in [2.24, 2.45) is 0 Å². The predicted molar refractivity (Wildman–Crippen MR) is 106 cm³/mol. The van der Waals surface area contributed by atoms with Crippen LogP contribution in [0.15, 0.2) is 89.8 Å². The van der Waals surface area contributed by atoms with Gasteiger partial charge in [0, 0.05) is 0 Å². The van der Waals surface area contributed by atoms with Crippen LogP contribution in [0, 0.1) is 0 Å². The van der Waals surface area contributed by atoms with Gasteiger partial charge in [-0.05, 0) is 42.0 Å². The van der Waals surface area contributed by atoms with E-state index in [-0.39, 0.29) is 10.6 Å². The van der Waals surface area contributed by atoms with Gasteiger partial charge in [-0.3, -0.25) is 9.10 Å². The number of anilines is 1. The zero-order valence-corrected chi connectivity index (χ0v) is 15.7. The van der Waals surface area contributed by atoms with E-state index < -0.39 is 22.5 Å². The Kier molecular flexibility index (Phi) is 5.96. The van der Waals surface area contributed by atoms with Crippen LogP contribution in [0.1, 0.15) is 5.56 Å². The van der Waals surface area contributed by atoms with E-state index in [2.05, 4.69) is 0 Å². The van der Waals surface area contributed by atoms with Gasteiger partial charge in [0.05, 0.1) is 10.6 Å². The summed E-state index contributed by atoms with van der Waals surface area (Å²) >= 11 is 0. The summed E-state index contributed by atoms with van der Waals surface area (Å²) in [6.07, 6.45) is 0. The summed E-state index contributed by atoms with van der Waals surface area (Å²) in [5.41, 5.74) is 1.25. The van der Waals surface area contributed by atoms with Crippen LogP contribution < -0.4 is 9.04 Å². The molecular formula is C21H19NO5S. The van der Waals surface area contributed by atoms with Crippen molar-refractivity contribution in [3.63, 3.8) is 0 Å². The van der Waals surface area contributed by atoms with Crippen molar-refractivity contribution < 1.29 is 23.1 Å². The summed E-state index contributed by atoms with van der Waals surface area (Å²) in [4.78, 5) is 11.3. The first-order valence-electron chi connectivity index (χ1n) is 8.53. The maximum absolute atomic E-state index is 12.9. The number of carboxylic acid groups (broad SMARTS) is 1. The molecule has 0 aliphatic heterocycles. The van der Waals surface area contributed by atoms with Gasteiger partial charge in [-0.1, -0.05) is 48.5 Å². The van der Waals surface area contributed by atoms with Crippen molar-refractivity contribution in [3.8, 4) is 5.75 Å². The maximum Gasteiger partial charge on any atom is 0.324 e. The lowest BCUT2D eigenvalue weighted by atomic mass is 10.2. The lowest BCUT2D eigenvalue weighted by Gasteiger charge is -2.23. The Balaban J connectivity index is 1.82. The molecule has 0 aromatic heterocycles. The highest BCUT2D eigenvalue weighted by Gasteiger charge is 2.26. The quantitative estimate of drug-likeness (QED) is 0.628. The second-order valence-corrected chi connectivity index (χ2v) is 7.85. The van der Waals surface area contributed by atoms with Crippen LogP contribution in [0.5, 0.6) is 5.75 Å². The molecule has 0 unspecified atom stereocenters. The molecule has 0 atom stereocenters. The smallest absolute Gasteiger partial charge is 0.324 e. The van der Waals surface area contributed by atoms with Crippen LogP contribution in [-0.2, 0) is 21.4 Å². The first-order chi connectivity index (χ1) is 13.5. The number of benzene rings is 3. The van der Waals surface area contributed by atoms with Crippen molar-refractivity contribution in [1.29, 1.82) is 0 Å². The van der Waals surface area contributed by atoms with E-state index in [9.17, 15) is 18.3 Å². The fourth-order valence-corrected chi connectivity index (χ4v) is 4.04. The molecule has 0 fully saturated rings. The monoisotopic (exact) mass is 397 g/mol. The van der Waals surface area contributed by atoms with Crippen molar-refractivity contribution in [3.05, 3.63) is 90.5 Å². The highest BCUT2D eigenvalue weighted by molar-refractivity contribution is 7.92. The molecule has 1 N–H and O–H groups in total. The predicted octanol–water partition coefficient (Wildman–Crippen LogP) is 3.55. The molecule has 0 radical (unpaired) electrons. The summed E-state index contributed by atoms with van der Waals surface area (Å²) < 4.78 is 32.4. The number of rotatable bonds is 8.